The van der Waals surface area contributed by atoms with Crippen molar-refractivity contribution in [2.24, 2.45) is 4.99 Å². The van der Waals surface area contributed by atoms with Crippen molar-refractivity contribution < 1.29 is 19.0 Å². The van der Waals surface area contributed by atoms with E-state index in [0.29, 0.717) is 24.6 Å². The van der Waals surface area contributed by atoms with Crippen LogP contribution in [0, 0.1) is 0 Å². The highest BCUT2D eigenvalue weighted by molar-refractivity contribution is 5.94. The Labute approximate surface area is 104 Å². The maximum Gasteiger partial charge on any atom is 0.411 e. The number of methoxy groups -OCH3 is 1. The first-order valence-corrected chi connectivity index (χ1v) is 5.57. The molecule has 94 valence electrons. The summed E-state index contributed by atoms with van der Waals surface area (Å²) in [4.78, 5) is 15.5. The normalized spacial score (nSPS) is 18.9. The number of nitrogens with zero attached hydrogens (tertiary/aromatic N) is 1. The van der Waals surface area contributed by atoms with Gasteiger partial charge in [0, 0.05) is 5.56 Å². The molecule has 0 atom stereocenters. The molecule has 0 bridgehead atoms. The van der Waals surface area contributed by atoms with Crippen molar-refractivity contribution in [3.63, 3.8) is 0 Å². The molecule has 6 nitrogen and oxygen atoms in total. The van der Waals surface area contributed by atoms with Gasteiger partial charge in [0.05, 0.1) is 37.9 Å². The molecule has 1 aromatic carbocycles. The lowest BCUT2D eigenvalue weighted by atomic mass is 10.1. The molecule has 0 aromatic heterocycles. The molecule has 3 rings (SSSR count). The number of carbonyl (C=O) groups excluding carboxylic acids is 1. The Morgan fingerprint density at radius 1 is 1.44 bits per heavy atom. The number of ether oxygens (including phenoxy) is 3. The molecule has 2 aliphatic heterocycles. The van der Waals surface area contributed by atoms with Crippen LogP contribution in [0.25, 0.3) is 0 Å². The number of amides is 1. The molecule has 0 saturated carbocycles. The van der Waals surface area contributed by atoms with Crippen LogP contribution in [0.5, 0.6) is 0 Å². The van der Waals surface area contributed by atoms with Gasteiger partial charge in [0.1, 0.15) is 0 Å². The van der Waals surface area contributed by atoms with E-state index in [1.165, 1.54) is 7.11 Å². The number of para-hydroxylation sites is 1. The fourth-order valence-electron chi connectivity index (χ4n) is 2.10. The Morgan fingerprint density at radius 3 is 2.94 bits per heavy atom. The number of nitrogens with one attached hydrogen (secondary N) is 1. The van der Waals surface area contributed by atoms with Crippen LogP contribution >= 0.6 is 0 Å². The first kappa shape index (κ1) is 11.2. The van der Waals surface area contributed by atoms with Gasteiger partial charge in [-0.1, -0.05) is 12.1 Å². The number of carbonyl (C=O) groups is 1. The zero-order valence-electron chi connectivity index (χ0n) is 9.80. The minimum atomic E-state index is -0.886. The van der Waals surface area contributed by atoms with E-state index < -0.39 is 11.9 Å². The monoisotopic (exact) mass is 248 g/mol. The van der Waals surface area contributed by atoms with Crippen LogP contribution in [-0.4, -0.2) is 32.6 Å². The summed E-state index contributed by atoms with van der Waals surface area (Å²) in [6, 6.07) is 5.43. The minimum Gasteiger partial charge on any atom is -0.453 e. The van der Waals surface area contributed by atoms with Crippen LogP contribution in [0.2, 0.25) is 0 Å². The van der Waals surface area contributed by atoms with Crippen LogP contribution < -0.4 is 5.32 Å². The first-order chi connectivity index (χ1) is 8.75. The summed E-state index contributed by atoms with van der Waals surface area (Å²) in [7, 11) is 1.31. The molecule has 1 fully saturated rings. The highest BCUT2D eigenvalue weighted by Crippen LogP contribution is 2.44. The Kier molecular flexibility index (Phi) is 2.53. The summed E-state index contributed by atoms with van der Waals surface area (Å²) >= 11 is 0. The molecular weight excluding hydrogens is 236 g/mol. The molecule has 1 amide bonds. The third-order valence-electron chi connectivity index (χ3n) is 2.91. The second kappa shape index (κ2) is 4.08. The van der Waals surface area contributed by atoms with E-state index in [4.69, 9.17) is 9.47 Å². The van der Waals surface area contributed by atoms with Crippen molar-refractivity contribution in [3.05, 3.63) is 23.8 Å². The maximum atomic E-state index is 11.2. The number of fused-ring (bicyclic) bond motifs is 2. The van der Waals surface area contributed by atoms with Gasteiger partial charge < -0.3 is 14.2 Å². The van der Waals surface area contributed by atoms with Crippen LogP contribution in [0.4, 0.5) is 16.2 Å². The molecular formula is C12H12N2O4. The predicted molar refractivity (Wildman–Crippen MR) is 64.2 cm³/mol. The summed E-state index contributed by atoms with van der Waals surface area (Å²) in [6.07, 6.45) is 1.08. The third kappa shape index (κ3) is 1.58. The number of benzene rings is 1. The molecule has 2 aliphatic rings. The highest BCUT2D eigenvalue weighted by Gasteiger charge is 2.43. The van der Waals surface area contributed by atoms with Gasteiger partial charge in [-0.25, -0.2) is 4.79 Å². The SMILES string of the molecule is COC(=O)Nc1cccc2c1N=CC21OCCO1. The lowest BCUT2D eigenvalue weighted by Crippen LogP contribution is -2.26. The van der Waals surface area contributed by atoms with E-state index in [0.717, 1.165) is 5.56 Å². The van der Waals surface area contributed by atoms with Crippen molar-refractivity contribution >= 4 is 23.7 Å². The average Bonchev–Trinajstić information content (AvgIpc) is 3.00. The third-order valence-corrected chi connectivity index (χ3v) is 2.91. The number of rotatable bonds is 1. The minimum absolute atomic E-state index is 0.528. The molecule has 6 heteroatoms. The zero-order valence-corrected chi connectivity index (χ0v) is 9.80. The smallest absolute Gasteiger partial charge is 0.411 e. The first-order valence-electron chi connectivity index (χ1n) is 5.57. The standard InChI is InChI=1S/C12H12N2O4/c1-16-11(15)14-9-4-2-3-8-10(9)13-7-12(8)17-5-6-18-12/h2-4,7H,5-6H2,1H3,(H,14,15). The number of anilines is 1. The van der Waals surface area contributed by atoms with Gasteiger partial charge in [0.2, 0.25) is 5.79 Å². The molecule has 1 spiro atoms. The summed E-state index contributed by atoms with van der Waals surface area (Å²) < 4.78 is 15.8. The van der Waals surface area contributed by atoms with E-state index in [9.17, 15) is 4.79 Å². The summed E-state index contributed by atoms with van der Waals surface area (Å²) in [5.74, 6) is -0.886. The summed E-state index contributed by atoms with van der Waals surface area (Å²) in [5.41, 5.74) is 2.02. The van der Waals surface area contributed by atoms with E-state index in [2.05, 4.69) is 15.0 Å². The molecule has 0 unspecified atom stereocenters. The molecule has 18 heavy (non-hydrogen) atoms. The van der Waals surface area contributed by atoms with E-state index in [-0.39, 0.29) is 0 Å². The largest absolute Gasteiger partial charge is 0.453 e. The molecule has 1 saturated heterocycles. The van der Waals surface area contributed by atoms with Gasteiger partial charge in [-0.15, -0.1) is 0 Å². The second-order valence-electron chi connectivity index (χ2n) is 3.94. The van der Waals surface area contributed by atoms with E-state index in [1.54, 1.807) is 12.3 Å². The topological polar surface area (TPSA) is 69.2 Å². The predicted octanol–water partition coefficient (Wildman–Crippen LogP) is 1.78. The zero-order chi connectivity index (χ0) is 12.6. The van der Waals surface area contributed by atoms with E-state index >= 15 is 0 Å². The lowest BCUT2D eigenvalue weighted by molar-refractivity contribution is -0.0969. The molecule has 0 radical (unpaired) electrons. The van der Waals surface area contributed by atoms with Gasteiger partial charge in [-0.05, 0) is 6.07 Å². The Hall–Kier alpha value is -1.92. The second-order valence-corrected chi connectivity index (χ2v) is 3.94. The van der Waals surface area contributed by atoms with Gasteiger partial charge in [-0.2, -0.15) is 0 Å². The number of hydrogen-bond donors (Lipinski definition) is 1. The summed E-state index contributed by atoms with van der Waals surface area (Å²) in [6.45, 7) is 1.06. The fourth-order valence-corrected chi connectivity index (χ4v) is 2.10. The van der Waals surface area contributed by atoms with Crippen molar-refractivity contribution in [2.45, 2.75) is 5.79 Å². The van der Waals surface area contributed by atoms with Gasteiger partial charge >= 0.3 is 6.09 Å². The molecule has 2 heterocycles. The maximum absolute atomic E-state index is 11.2. The lowest BCUT2D eigenvalue weighted by Gasteiger charge is -2.20. The van der Waals surface area contributed by atoms with Gasteiger partial charge in [0.15, 0.2) is 0 Å². The molecule has 1 aromatic rings. The number of hydrogen-bond acceptors (Lipinski definition) is 5. The highest BCUT2D eigenvalue weighted by atomic mass is 16.7. The van der Waals surface area contributed by atoms with Gasteiger partial charge in [0.25, 0.3) is 0 Å². The van der Waals surface area contributed by atoms with Crippen LogP contribution in [0.15, 0.2) is 23.2 Å². The van der Waals surface area contributed by atoms with Crippen LogP contribution in [0.3, 0.4) is 0 Å². The van der Waals surface area contributed by atoms with Crippen molar-refractivity contribution in [1.82, 2.24) is 0 Å². The summed E-state index contributed by atoms with van der Waals surface area (Å²) in [5, 5.41) is 2.61. The Balaban J connectivity index is 1.99. The number of aliphatic imine (C=N–C) groups is 1. The fraction of sp³-hybridized carbons (Fsp3) is 0.333. The van der Waals surface area contributed by atoms with E-state index in [1.807, 2.05) is 12.1 Å². The van der Waals surface area contributed by atoms with Crippen LogP contribution in [-0.2, 0) is 20.0 Å². The molecule has 0 aliphatic carbocycles. The van der Waals surface area contributed by atoms with Crippen molar-refractivity contribution in [1.29, 1.82) is 0 Å². The molecule has 1 N–H and O–H groups in total. The average molecular weight is 248 g/mol. The Bertz CT molecular complexity index is 521. The van der Waals surface area contributed by atoms with Crippen LogP contribution in [0.1, 0.15) is 5.56 Å². The van der Waals surface area contributed by atoms with Crippen molar-refractivity contribution in [3.8, 4) is 0 Å². The Morgan fingerprint density at radius 2 is 2.22 bits per heavy atom. The van der Waals surface area contributed by atoms with Gasteiger partial charge in [-0.3, -0.25) is 10.3 Å². The van der Waals surface area contributed by atoms with Crippen molar-refractivity contribution in [2.75, 3.05) is 25.6 Å². The quantitative estimate of drug-likeness (QED) is 0.822.